The van der Waals surface area contributed by atoms with E-state index >= 15 is 0 Å². The third kappa shape index (κ3) is 3.69. The quantitative estimate of drug-likeness (QED) is 0.598. The summed E-state index contributed by atoms with van der Waals surface area (Å²) in [5.41, 5.74) is 0. The fraction of sp³-hybridized carbons (Fsp3) is 0.583. The summed E-state index contributed by atoms with van der Waals surface area (Å²) >= 11 is 1.28. The predicted molar refractivity (Wildman–Crippen MR) is 77.2 cm³/mol. The Morgan fingerprint density at radius 3 is 2.65 bits per heavy atom. The van der Waals surface area contributed by atoms with Gasteiger partial charge in [0.05, 0.1) is 16.8 Å². The normalized spacial score (nSPS) is 22.4. The smallest absolute Gasteiger partial charge is 0.235 e. The highest BCUT2D eigenvalue weighted by atomic mass is 32.2. The Bertz CT molecular complexity index is 577. The van der Waals surface area contributed by atoms with Crippen molar-refractivity contribution in [2.24, 2.45) is 0 Å². The van der Waals surface area contributed by atoms with Crippen LogP contribution >= 0.6 is 11.8 Å². The van der Waals surface area contributed by atoms with Gasteiger partial charge in [-0.3, -0.25) is 4.79 Å². The molecule has 1 aliphatic heterocycles. The lowest BCUT2D eigenvalue weighted by Gasteiger charge is -2.25. The van der Waals surface area contributed by atoms with Crippen LogP contribution < -0.4 is 0 Å². The molecule has 0 bridgehead atoms. The molecule has 8 heteroatoms. The van der Waals surface area contributed by atoms with Gasteiger partial charge in [0, 0.05) is 25.5 Å². The van der Waals surface area contributed by atoms with E-state index in [1.807, 2.05) is 0 Å². The summed E-state index contributed by atoms with van der Waals surface area (Å²) in [5, 5.41) is 0.200. The van der Waals surface area contributed by atoms with Crippen molar-refractivity contribution in [2.45, 2.75) is 29.8 Å². The van der Waals surface area contributed by atoms with Crippen LogP contribution in [0.5, 0.6) is 0 Å². The van der Waals surface area contributed by atoms with E-state index in [1.165, 1.54) is 11.8 Å². The molecule has 2 atom stereocenters. The van der Waals surface area contributed by atoms with Crippen molar-refractivity contribution in [1.29, 1.82) is 0 Å². The van der Waals surface area contributed by atoms with Gasteiger partial charge in [0.15, 0.2) is 15.0 Å². The third-order valence-corrected chi connectivity index (χ3v) is 6.00. The zero-order valence-corrected chi connectivity index (χ0v) is 13.0. The maximum Gasteiger partial charge on any atom is 0.235 e. The molecule has 1 aromatic rings. The Hall–Kier alpha value is -1.15. The number of carbonyl (C=O) groups is 1. The van der Waals surface area contributed by atoms with Crippen molar-refractivity contribution in [1.82, 2.24) is 14.9 Å². The van der Waals surface area contributed by atoms with Crippen LogP contribution in [0.4, 0.5) is 0 Å². The molecule has 1 aliphatic rings. The van der Waals surface area contributed by atoms with Crippen LogP contribution in [0.15, 0.2) is 23.6 Å². The molecule has 1 amide bonds. The average molecular weight is 315 g/mol. The van der Waals surface area contributed by atoms with E-state index in [1.54, 1.807) is 37.3 Å². The number of thioether (sulfide) groups is 1. The number of rotatable bonds is 4. The molecular weight excluding hydrogens is 298 g/mol. The summed E-state index contributed by atoms with van der Waals surface area (Å²) < 4.78 is 22.9. The lowest BCUT2D eigenvalue weighted by Crippen LogP contribution is -2.41. The van der Waals surface area contributed by atoms with Gasteiger partial charge < -0.3 is 4.90 Å². The van der Waals surface area contributed by atoms with Gasteiger partial charge in [-0.15, -0.1) is 0 Å². The Morgan fingerprint density at radius 2 is 2.10 bits per heavy atom. The molecule has 1 fully saturated rings. The third-order valence-electron chi connectivity index (χ3n) is 3.28. The van der Waals surface area contributed by atoms with Crippen molar-refractivity contribution in [3.63, 3.8) is 0 Å². The molecule has 1 saturated heterocycles. The van der Waals surface area contributed by atoms with Crippen LogP contribution in [-0.2, 0) is 14.6 Å². The Morgan fingerprint density at radius 1 is 1.45 bits per heavy atom. The van der Waals surface area contributed by atoms with Crippen molar-refractivity contribution in [3.05, 3.63) is 18.5 Å². The molecule has 110 valence electrons. The number of carbonyl (C=O) groups excluding carboxylic acids is 1. The number of aromatic nitrogens is 2. The van der Waals surface area contributed by atoms with Crippen LogP contribution in [0.1, 0.15) is 13.3 Å². The SMILES string of the molecule is CC(Sc1ncccn1)C(=O)N(C)C1CCS(=O)(=O)C1. The summed E-state index contributed by atoms with van der Waals surface area (Å²) in [6.07, 6.45) is 3.77. The molecule has 1 aromatic heterocycles. The lowest BCUT2D eigenvalue weighted by atomic mass is 10.2. The van der Waals surface area contributed by atoms with E-state index < -0.39 is 9.84 Å². The molecule has 0 spiro atoms. The molecule has 6 nitrogen and oxygen atoms in total. The highest BCUT2D eigenvalue weighted by Crippen LogP contribution is 2.23. The fourth-order valence-corrected chi connectivity index (χ4v) is 4.70. The second-order valence-electron chi connectivity index (χ2n) is 4.80. The largest absolute Gasteiger partial charge is 0.341 e. The van der Waals surface area contributed by atoms with Crippen molar-refractivity contribution in [2.75, 3.05) is 18.6 Å². The average Bonchev–Trinajstić information content (AvgIpc) is 2.78. The van der Waals surface area contributed by atoms with Gasteiger partial charge in [0.2, 0.25) is 5.91 Å². The van der Waals surface area contributed by atoms with Gasteiger partial charge in [0.1, 0.15) is 0 Å². The molecule has 0 aliphatic carbocycles. The van der Waals surface area contributed by atoms with Gasteiger partial charge >= 0.3 is 0 Å². The fourth-order valence-electron chi connectivity index (χ4n) is 2.10. The minimum absolute atomic E-state index is 0.0640. The van der Waals surface area contributed by atoms with Gasteiger partial charge in [-0.1, -0.05) is 11.8 Å². The van der Waals surface area contributed by atoms with Crippen molar-refractivity contribution < 1.29 is 13.2 Å². The van der Waals surface area contributed by atoms with Gasteiger partial charge in [-0.05, 0) is 19.4 Å². The summed E-state index contributed by atoms with van der Waals surface area (Å²) in [6.45, 7) is 1.78. The molecule has 2 unspecified atom stereocenters. The summed E-state index contributed by atoms with van der Waals surface area (Å²) in [7, 11) is -1.32. The van der Waals surface area contributed by atoms with E-state index in [4.69, 9.17) is 0 Å². The molecule has 2 rings (SSSR count). The Balaban J connectivity index is 1.97. The van der Waals surface area contributed by atoms with Gasteiger partial charge in [-0.25, -0.2) is 18.4 Å². The molecule has 0 radical (unpaired) electrons. The van der Waals surface area contributed by atoms with Gasteiger partial charge in [-0.2, -0.15) is 0 Å². The molecule has 0 saturated carbocycles. The van der Waals surface area contributed by atoms with E-state index in [0.717, 1.165) is 0 Å². The van der Waals surface area contributed by atoms with Crippen LogP contribution in [0.2, 0.25) is 0 Å². The Labute approximate surface area is 122 Å². The number of amides is 1. The summed E-state index contributed by atoms with van der Waals surface area (Å²) in [6, 6.07) is 1.50. The van der Waals surface area contributed by atoms with E-state index in [-0.39, 0.29) is 28.7 Å². The van der Waals surface area contributed by atoms with Crippen LogP contribution in [0.25, 0.3) is 0 Å². The highest BCUT2D eigenvalue weighted by molar-refractivity contribution is 8.00. The molecule has 0 aromatic carbocycles. The molecular formula is C12H17N3O3S2. The first kappa shape index (κ1) is 15.2. The van der Waals surface area contributed by atoms with Crippen LogP contribution in [0.3, 0.4) is 0 Å². The number of nitrogens with zero attached hydrogens (tertiary/aromatic N) is 3. The number of hydrogen-bond acceptors (Lipinski definition) is 6. The summed E-state index contributed by atoms with van der Waals surface area (Å²) in [5.74, 6) is 0.136. The topological polar surface area (TPSA) is 80.2 Å². The highest BCUT2D eigenvalue weighted by Gasteiger charge is 2.34. The first-order valence-electron chi connectivity index (χ1n) is 6.30. The minimum atomic E-state index is -2.98. The lowest BCUT2D eigenvalue weighted by molar-refractivity contribution is -0.130. The first-order valence-corrected chi connectivity index (χ1v) is 9.00. The second kappa shape index (κ2) is 6.09. The molecule has 0 N–H and O–H groups in total. The van der Waals surface area contributed by atoms with Crippen molar-refractivity contribution >= 4 is 27.5 Å². The number of hydrogen-bond donors (Lipinski definition) is 0. The van der Waals surface area contributed by atoms with Crippen LogP contribution in [0, 0.1) is 0 Å². The summed E-state index contributed by atoms with van der Waals surface area (Å²) in [4.78, 5) is 22.0. The molecule has 2 heterocycles. The van der Waals surface area contributed by atoms with Crippen molar-refractivity contribution in [3.8, 4) is 0 Å². The second-order valence-corrected chi connectivity index (χ2v) is 8.33. The number of sulfone groups is 1. The Kier molecular flexibility index (Phi) is 4.64. The zero-order chi connectivity index (χ0) is 14.8. The van der Waals surface area contributed by atoms with Gasteiger partial charge in [0.25, 0.3) is 0 Å². The minimum Gasteiger partial charge on any atom is -0.341 e. The predicted octanol–water partition coefficient (Wildman–Crippen LogP) is 0.603. The van der Waals surface area contributed by atoms with E-state index in [2.05, 4.69) is 9.97 Å². The molecule has 20 heavy (non-hydrogen) atoms. The zero-order valence-electron chi connectivity index (χ0n) is 11.4. The monoisotopic (exact) mass is 315 g/mol. The van der Waals surface area contributed by atoms with E-state index in [9.17, 15) is 13.2 Å². The van der Waals surface area contributed by atoms with E-state index in [0.29, 0.717) is 11.6 Å². The first-order chi connectivity index (χ1) is 9.39. The maximum atomic E-state index is 12.3. The maximum absolute atomic E-state index is 12.3. The van der Waals surface area contributed by atoms with Crippen LogP contribution in [-0.4, -0.2) is 59.0 Å². The standard InChI is InChI=1S/C12H17N3O3S2/c1-9(19-12-13-5-3-6-14-12)11(16)15(2)10-4-7-20(17,18)8-10/h3,5-6,9-10H,4,7-8H2,1-2H3.